The lowest BCUT2D eigenvalue weighted by atomic mass is 9.89. The molecule has 30 heavy (non-hydrogen) atoms. The molecule has 4 heterocycles. The number of amides is 1. The number of likely N-dealkylation sites (tertiary alicyclic amines) is 1. The molecule has 2 atom stereocenters. The fraction of sp³-hybridized carbons (Fsp3) is 0.682. The highest BCUT2D eigenvalue weighted by molar-refractivity contribution is 7.99. The Morgan fingerprint density at radius 1 is 1.27 bits per heavy atom. The third-order valence-corrected chi connectivity index (χ3v) is 8.68. The summed E-state index contributed by atoms with van der Waals surface area (Å²) in [7, 11) is 0. The van der Waals surface area contributed by atoms with Crippen molar-refractivity contribution in [1.82, 2.24) is 14.5 Å². The molecule has 2 aromatic rings. The summed E-state index contributed by atoms with van der Waals surface area (Å²) >= 11 is 3.09. The maximum Gasteiger partial charge on any atom is 0.263 e. The Bertz CT molecular complexity index is 1000. The zero-order valence-electron chi connectivity index (χ0n) is 17.5. The monoisotopic (exact) mass is 447 g/mol. The number of carbonyl (C=O) groups excluding carboxylic acids is 1. The third-order valence-electron chi connectivity index (χ3n) is 6.57. The number of aryl methyl sites for hydroxylation is 1. The van der Waals surface area contributed by atoms with Crippen molar-refractivity contribution in [1.29, 1.82) is 0 Å². The van der Waals surface area contributed by atoms with Gasteiger partial charge in [0.1, 0.15) is 4.83 Å². The van der Waals surface area contributed by atoms with E-state index in [4.69, 9.17) is 9.72 Å². The Hall–Kier alpha value is -1.38. The lowest BCUT2D eigenvalue weighted by molar-refractivity contribution is -0.127. The average molecular weight is 448 g/mol. The molecular weight excluding hydrogens is 418 g/mol. The molecule has 0 radical (unpaired) electrons. The van der Waals surface area contributed by atoms with E-state index in [1.165, 1.54) is 22.2 Å². The summed E-state index contributed by atoms with van der Waals surface area (Å²) in [5.74, 6) is 1.15. The summed E-state index contributed by atoms with van der Waals surface area (Å²) in [6, 6.07) is 0. The van der Waals surface area contributed by atoms with Crippen molar-refractivity contribution in [2.45, 2.75) is 69.7 Å². The normalized spacial score (nSPS) is 24.0. The van der Waals surface area contributed by atoms with E-state index in [1.807, 2.05) is 4.90 Å². The Morgan fingerprint density at radius 2 is 2.10 bits per heavy atom. The number of fused-ring (bicyclic) bond motifs is 3. The fourth-order valence-corrected chi connectivity index (χ4v) is 7.19. The smallest absolute Gasteiger partial charge is 0.263 e. The highest BCUT2D eigenvalue weighted by Crippen LogP contribution is 2.36. The maximum absolute atomic E-state index is 13.6. The highest BCUT2D eigenvalue weighted by Gasteiger charge is 2.27. The van der Waals surface area contributed by atoms with E-state index in [9.17, 15) is 9.59 Å². The number of thioether (sulfide) groups is 1. The second-order valence-electron chi connectivity index (χ2n) is 8.85. The van der Waals surface area contributed by atoms with Crippen molar-refractivity contribution < 1.29 is 9.53 Å². The SMILES string of the molecule is CC1CCc2c(sc3nc(SCC(=O)N4CCCC4)n(CC4CCCO4)c(=O)c23)C1. The zero-order valence-corrected chi connectivity index (χ0v) is 19.2. The molecule has 0 saturated carbocycles. The Morgan fingerprint density at radius 3 is 2.87 bits per heavy atom. The van der Waals surface area contributed by atoms with E-state index < -0.39 is 0 Å². The minimum atomic E-state index is 0.0543. The topological polar surface area (TPSA) is 64.4 Å². The van der Waals surface area contributed by atoms with E-state index in [1.54, 1.807) is 15.9 Å². The molecule has 2 aromatic heterocycles. The van der Waals surface area contributed by atoms with Crippen LogP contribution in [0.3, 0.4) is 0 Å². The van der Waals surface area contributed by atoms with E-state index >= 15 is 0 Å². The minimum absolute atomic E-state index is 0.0543. The van der Waals surface area contributed by atoms with E-state index in [2.05, 4.69) is 6.92 Å². The van der Waals surface area contributed by atoms with Gasteiger partial charge in [-0.05, 0) is 56.4 Å². The fourth-order valence-electron chi connectivity index (χ4n) is 4.85. The van der Waals surface area contributed by atoms with Crippen molar-refractivity contribution in [2.24, 2.45) is 5.92 Å². The molecule has 2 saturated heterocycles. The van der Waals surface area contributed by atoms with Crippen LogP contribution in [0.4, 0.5) is 0 Å². The number of nitrogens with zero attached hydrogens (tertiary/aromatic N) is 3. The standard InChI is InChI=1S/C22H29N3O3S2/c1-14-6-7-16-17(11-14)30-20-19(16)21(27)25(12-15-5-4-10-28-15)22(23-20)29-13-18(26)24-8-2-3-9-24/h14-15H,2-13H2,1H3. The molecule has 1 amide bonds. The van der Waals surface area contributed by atoms with Crippen molar-refractivity contribution in [3.8, 4) is 0 Å². The maximum atomic E-state index is 13.6. The predicted octanol–water partition coefficient (Wildman–Crippen LogP) is 3.48. The molecule has 8 heteroatoms. The lowest BCUT2D eigenvalue weighted by Gasteiger charge is -2.19. The van der Waals surface area contributed by atoms with Crippen LogP contribution in [0.5, 0.6) is 0 Å². The van der Waals surface area contributed by atoms with Crippen LogP contribution in [-0.2, 0) is 28.9 Å². The zero-order chi connectivity index (χ0) is 20.7. The molecular formula is C22H29N3O3S2. The van der Waals surface area contributed by atoms with Gasteiger partial charge in [-0.15, -0.1) is 11.3 Å². The number of hydrogen-bond donors (Lipinski definition) is 0. The second kappa shape index (κ2) is 8.63. The molecule has 162 valence electrons. The first-order chi connectivity index (χ1) is 14.6. The number of aromatic nitrogens is 2. The Labute approximate surface area is 185 Å². The van der Waals surface area contributed by atoms with Gasteiger partial charge in [-0.3, -0.25) is 14.2 Å². The van der Waals surface area contributed by atoms with Gasteiger partial charge in [-0.1, -0.05) is 18.7 Å². The molecule has 3 aliphatic rings. The van der Waals surface area contributed by atoms with Crippen molar-refractivity contribution in [3.63, 3.8) is 0 Å². The summed E-state index contributed by atoms with van der Waals surface area (Å²) in [5, 5.41) is 1.48. The van der Waals surface area contributed by atoms with Gasteiger partial charge in [0, 0.05) is 24.6 Å². The number of hydrogen-bond acceptors (Lipinski definition) is 6. The molecule has 0 bridgehead atoms. The number of ether oxygens (including phenoxy) is 1. The van der Waals surface area contributed by atoms with Gasteiger partial charge in [0.25, 0.3) is 5.56 Å². The summed E-state index contributed by atoms with van der Waals surface area (Å²) in [5.41, 5.74) is 1.27. The van der Waals surface area contributed by atoms with Crippen LogP contribution in [0.2, 0.25) is 0 Å². The quantitative estimate of drug-likeness (QED) is 0.519. The number of thiophene rings is 1. The Balaban J connectivity index is 1.50. The predicted molar refractivity (Wildman–Crippen MR) is 121 cm³/mol. The van der Waals surface area contributed by atoms with Crippen LogP contribution < -0.4 is 5.56 Å². The molecule has 6 nitrogen and oxygen atoms in total. The summed E-state index contributed by atoms with van der Waals surface area (Å²) in [4.78, 5) is 35.2. The number of rotatable bonds is 5. The molecule has 0 spiro atoms. The average Bonchev–Trinajstić information content (AvgIpc) is 3.49. The highest BCUT2D eigenvalue weighted by atomic mass is 32.2. The van der Waals surface area contributed by atoms with Gasteiger partial charge in [0.15, 0.2) is 5.16 Å². The molecule has 2 unspecified atom stereocenters. The van der Waals surface area contributed by atoms with E-state index in [0.717, 1.165) is 74.9 Å². The summed E-state index contributed by atoms with van der Waals surface area (Å²) in [6.07, 6.45) is 7.38. The molecule has 2 aliphatic heterocycles. The van der Waals surface area contributed by atoms with Crippen LogP contribution in [0.1, 0.15) is 49.5 Å². The van der Waals surface area contributed by atoms with Crippen LogP contribution >= 0.6 is 23.1 Å². The number of carbonyl (C=O) groups is 1. The first kappa shape index (κ1) is 20.5. The molecule has 0 N–H and O–H groups in total. The van der Waals surface area contributed by atoms with Crippen LogP contribution in [0, 0.1) is 5.92 Å². The lowest BCUT2D eigenvalue weighted by Crippen LogP contribution is -2.31. The summed E-state index contributed by atoms with van der Waals surface area (Å²) in [6.45, 7) is 5.27. The Kier molecular flexibility index (Phi) is 5.90. The van der Waals surface area contributed by atoms with Gasteiger partial charge >= 0.3 is 0 Å². The van der Waals surface area contributed by atoms with Gasteiger partial charge in [-0.25, -0.2) is 4.98 Å². The molecule has 0 aromatic carbocycles. The van der Waals surface area contributed by atoms with Crippen molar-refractivity contribution >= 4 is 39.2 Å². The van der Waals surface area contributed by atoms with E-state index in [-0.39, 0.29) is 17.6 Å². The third kappa shape index (κ3) is 3.94. The molecule has 5 rings (SSSR count). The van der Waals surface area contributed by atoms with Crippen LogP contribution in [0.25, 0.3) is 10.2 Å². The second-order valence-corrected chi connectivity index (χ2v) is 10.9. The molecule has 2 fully saturated rings. The largest absolute Gasteiger partial charge is 0.376 e. The minimum Gasteiger partial charge on any atom is -0.376 e. The van der Waals surface area contributed by atoms with E-state index in [0.29, 0.717) is 23.4 Å². The first-order valence-electron chi connectivity index (χ1n) is 11.2. The van der Waals surface area contributed by atoms with Gasteiger partial charge in [-0.2, -0.15) is 0 Å². The van der Waals surface area contributed by atoms with Gasteiger partial charge < -0.3 is 9.64 Å². The van der Waals surface area contributed by atoms with Crippen LogP contribution in [0.15, 0.2) is 9.95 Å². The molecule has 1 aliphatic carbocycles. The van der Waals surface area contributed by atoms with Crippen molar-refractivity contribution in [3.05, 3.63) is 20.8 Å². The van der Waals surface area contributed by atoms with Crippen LogP contribution in [-0.4, -0.2) is 51.9 Å². The first-order valence-corrected chi connectivity index (χ1v) is 13.0. The van der Waals surface area contributed by atoms with Gasteiger partial charge in [0.05, 0.1) is 23.8 Å². The van der Waals surface area contributed by atoms with Gasteiger partial charge in [0.2, 0.25) is 5.91 Å². The van der Waals surface area contributed by atoms with Crippen molar-refractivity contribution in [2.75, 3.05) is 25.4 Å². The summed E-state index contributed by atoms with van der Waals surface area (Å²) < 4.78 is 7.62.